The fourth-order valence-electron chi connectivity index (χ4n) is 3.08. The molecule has 4 nitrogen and oxygen atoms in total. The van der Waals surface area contributed by atoms with E-state index < -0.39 is 0 Å². The summed E-state index contributed by atoms with van der Waals surface area (Å²) in [5.41, 5.74) is 1.13. The Bertz CT molecular complexity index is 680. The van der Waals surface area contributed by atoms with Gasteiger partial charge in [0.15, 0.2) is 0 Å². The van der Waals surface area contributed by atoms with E-state index in [0.717, 1.165) is 25.0 Å². The molecule has 23 heavy (non-hydrogen) atoms. The fraction of sp³-hybridized carbons (Fsp3) is 0.421. The largest absolute Gasteiger partial charge is 0.376 e. The number of nitrogens with one attached hydrogen (secondary N) is 1. The van der Waals surface area contributed by atoms with Gasteiger partial charge in [-0.15, -0.1) is 0 Å². The van der Waals surface area contributed by atoms with E-state index in [0.29, 0.717) is 6.54 Å². The smallest absolute Gasteiger partial charge is 0.317 e. The number of amides is 2. The Balaban J connectivity index is 1.60. The number of nitrogens with zero attached hydrogens (tertiary/aromatic N) is 1. The van der Waals surface area contributed by atoms with Gasteiger partial charge in [0, 0.05) is 20.2 Å². The molecule has 122 valence electrons. The zero-order chi connectivity index (χ0) is 16.2. The number of ether oxygens (including phenoxy) is 1. The monoisotopic (exact) mass is 312 g/mol. The summed E-state index contributed by atoms with van der Waals surface area (Å²) >= 11 is 0. The molecule has 0 aromatic heterocycles. The van der Waals surface area contributed by atoms with E-state index in [1.165, 1.54) is 10.8 Å². The van der Waals surface area contributed by atoms with E-state index in [1.54, 1.807) is 4.90 Å². The van der Waals surface area contributed by atoms with Gasteiger partial charge < -0.3 is 15.0 Å². The van der Waals surface area contributed by atoms with E-state index in [1.807, 2.05) is 26.1 Å². The fourth-order valence-corrected chi connectivity index (χ4v) is 3.08. The molecule has 0 aliphatic carbocycles. The summed E-state index contributed by atoms with van der Waals surface area (Å²) in [6, 6.07) is 14.6. The molecule has 0 saturated carbocycles. The van der Waals surface area contributed by atoms with Crippen LogP contribution in [0, 0.1) is 0 Å². The lowest BCUT2D eigenvalue weighted by Gasteiger charge is -2.24. The summed E-state index contributed by atoms with van der Waals surface area (Å²) in [6.45, 7) is 3.41. The predicted molar refractivity (Wildman–Crippen MR) is 92.4 cm³/mol. The Labute approximate surface area is 137 Å². The summed E-state index contributed by atoms with van der Waals surface area (Å²) < 4.78 is 5.63. The lowest BCUT2D eigenvalue weighted by Crippen LogP contribution is -2.46. The average Bonchev–Trinajstić information content (AvgIpc) is 3.09. The highest BCUT2D eigenvalue weighted by molar-refractivity contribution is 5.83. The van der Waals surface area contributed by atoms with Crippen molar-refractivity contribution in [2.75, 3.05) is 13.7 Å². The normalized spacial score (nSPS) is 18.8. The minimum absolute atomic E-state index is 0.0454. The predicted octanol–water partition coefficient (Wildman–Crippen LogP) is 3.55. The van der Waals surface area contributed by atoms with Crippen molar-refractivity contribution in [3.05, 3.63) is 48.0 Å². The summed E-state index contributed by atoms with van der Waals surface area (Å²) in [5, 5.41) is 5.46. The van der Waals surface area contributed by atoms with Crippen LogP contribution >= 0.6 is 0 Å². The molecule has 2 atom stereocenters. The molecule has 0 spiro atoms. The minimum Gasteiger partial charge on any atom is -0.376 e. The van der Waals surface area contributed by atoms with Crippen molar-refractivity contribution in [1.82, 2.24) is 10.2 Å². The standard InChI is InChI=1S/C19H24N2O2/c1-14(18-8-5-11-23-18)20-19(22)21(2)13-15-9-10-16-6-3-4-7-17(16)12-15/h3-4,6-7,9-10,12,14,18H,5,8,11,13H2,1-2H3,(H,20,22)/t14-,18+/m1/s1. The zero-order valence-electron chi connectivity index (χ0n) is 13.8. The van der Waals surface area contributed by atoms with Crippen LogP contribution in [0.2, 0.25) is 0 Å². The zero-order valence-corrected chi connectivity index (χ0v) is 13.8. The van der Waals surface area contributed by atoms with Crippen molar-refractivity contribution >= 4 is 16.8 Å². The van der Waals surface area contributed by atoms with Crippen molar-refractivity contribution in [3.8, 4) is 0 Å². The van der Waals surface area contributed by atoms with Crippen LogP contribution in [0.5, 0.6) is 0 Å². The first-order valence-electron chi connectivity index (χ1n) is 8.24. The second-order valence-electron chi connectivity index (χ2n) is 6.33. The first-order chi connectivity index (χ1) is 11.1. The molecule has 1 N–H and O–H groups in total. The molecule has 3 rings (SSSR count). The maximum absolute atomic E-state index is 12.3. The van der Waals surface area contributed by atoms with E-state index in [4.69, 9.17) is 4.74 Å². The van der Waals surface area contributed by atoms with Gasteiger partial charge in [0.2, 0.25) is 0 Å². The van der Waals surface area contributed by atoms with Crippen LogP contribution < -0.4 is 5.32 Å². The summed E-state index contributed by atoms with van der Waals surface area (Å²) in [7, 11) is 1.83. The number of rotatable bonds is 4. The number of urea groups is 1. The topological polar surface area (TPSA) is 41.6 Å². The number of carbonyl (C=O) groups excluding carboxylic acids is 1. The number of hydrogen-bond donors (Lipinski definition) is 1. The van der Waals surface area contributed by atoms with Gasteiger partial charge >= 0.3 is 6.03 Å². The Kier molecular flexibility index (Phi) is 4.82. The molecule has 2 aromatic carbocycles. The summed E-state index contributed by atoms with van der Waals surface area (Å²) in [5.74, 6) is 0. The van der Waals surface area contributed by atoms with E-state index in [9.17, 15) is 4.79 Å². The first kappa shape index (κ1) is 15.8. The molecule has 1 aliphatic rings. The van der Waals surface area contributed by atoms with Crippen LogP contribution in [0.15, 0.2) is 42.5 Å². The molecule has 0 radical (unpaired) electrons. The Hall–Kier alpha value is -2.07. The highest BCUT2D eigenvalue weighted by atomic mass is 16.5. The quantitative estimate of drug-likeness (QED) is 0.938. The third-order valence-electron chi connectivity index (χ3n) is 4.45. The van der Waals surface area contributed by atoms with Crippen LogP contribution in [0.1, 0.15) is 25.3 Å². The molecule has 1 heterocycles. The van der Waals surface area contributed by atoms with Crippen LogP contribution in [0.3, 0.4) is 0 Å². The molecule has 1 fully saturated rings. The molecular formula is C19H24N2O2. The summed E-state index contributed by atoms with van der Waals surface area (Å²) in [4.78, 5) is 14.1. The molecule has 2 amide bonds. The van der Waals surface area contributed by atoms with Crippen LogP contribution in [0.25, 0.3) is 10.8 Å². The van der Waals surface area contributed by atoms with Crippen LogP contribution in [-0.4, -0.2) is 36.7 Å². The summed E-state index contributed by atoms with van der Waals surface area (Å²) in [6.07, 6.45) is 2.25. The SMILES string of the molecule is C[C@@H](NC(=O)N(C)Cc1ccc2ccccc2c1)[C@@H]1CCCO1. The minimum atomic E-state index is -0.0545. The Morgan fingerprint density at radius 1 is 1.30 bits per heavy atom. The third-order valence-corrected chi connectivity index (χ3v) is 4.45. The lowest BCUT2D eigenvalue weighted by atomic mass is 10.1. The van der Waals surface area contributed by atoms with Gasteiger partial charge in [0.1, 0.15) is 0 Å². The van der Waals surface area contributed by atoms with Gasteiger partial charge in [-0.1, -0.05) is 36.4 Å². The molecular weight excluding hydrogens is 288 g/mol. The van der Waals surface area contributed by atoms with Crippen molar-refractivity contribution in [3.63, 3.8) is 0 Å². The maximum atomic E-state index is 12.3. The van der Waals surface area contributed by atoms with Crippen LogP contribution in [0.4, 0.5) is 4.79 Å². The van der Waals surface area contributed by atoms with Crippen molar-refractivity contribution in [2.24, 2.45) is 0 Å². The van der Waals surface area contributed by atoms with Crippen LogP contribution in [-0.2, 0) is 11.3 Å². The molecule has 0 bridgehead atoms. The van der Waals surface area contributed by atoms with Gasteiger partial charge in [0.05, 0.1) is 12.1 Å². The molecule has 2 aromatic rings. The van der Waals surface area contributed by atoms with Gasteiger partial charge in [-0.25, -0.2) is 4.79 Å². The Morgan fingerprint density at radius 2 is 2.09 bits per heavy atom. The third kappa shape index (κ3) is 3.82. The number of fused-ring (bicyclic) bond motifs is 1. The second kappa shape index (κ2) is 7.01. The van der Waals surface area contributed by atoms with Gasteiger partial charge in [-0.3, -0.25) is 0 Å². The molecule has 0 unspecified atom stereocenters. The molecule has 1 aliphatic heterocycles. The van der Waals surface area contributed by atoms with E-state index >= 15 is 0 Å². The van der Waals surface area contributed by atoms with Crippen molar-refractivity contribution in [2.45, 2.75) is 38.5 Å². The first-order valence-corrected chi connectivity index (χ1v) is 8.24. The lowest BCUT2D eigenvalue weighted by molar-refractivity contribution is 0.0838. The maximum Gasteiger partial charge on any atom is 0.317 e. The highest BCUT2D eigenvalue weighted by Crippen LogP contribution is 2.17. The average molecular weight is 312 g/mol. The van der Waals surface area contributed by atoms with Gasteiger partial charge in [-0.05, 0) is 42.2 Å². The van der Waals surface area contributed by atoms with E-state index in [-0.39, 0.29) is 18.2 Å². The highest BCUT2D eigenvalue weighted by Gasteiger charge is 2.24. The number of hydrogen-bond acceptors (Lipinski definition) is 2. The van der Waals surface area contributed by atoms with Gasteiger partial charge in [-0.2, -0.15) is 0 Å². The molecule has 1 saturated heterocycles. The second-order valence-corrected chi connectivity index (χ2v) is 6.33. The van der Waals surface area contributed by atoms with Gasteiger partial charge in [0.25, 0.3) is 0 Å². The molecule has 4 heteroatoms. The van der Waals surface area contributed by atoms with Crippen molar-refractivity contribution in [1.29, 1.82) is 0 Å². The van der Waals surface area contributed by atoms with Crippen molar-refractivity contribution < 1.29 is 9.53 Å². The Morgan fingerprint density at radius 3 is 2.83 bits per heavy atom. The van der Waals surface area contributed by atoms with E-state index in [2.05, 4.69) is 35.6 Å². The number of carbonyl (C=O) groups is 1. The number of benzene rings is 2.